The molecule has 0 spiro atoms. The summed E-state index contributed by atoms with van der Waals surface area (Å²) in [6.45, 7) is 2.12. The average Bonchev–Trinajstić information content (AvgIpc) is 2.17. The van der Waals surface area contributed by atoms with Gasteiger partial charge in [0, 0.05) is 12.6 Å². The largest absolute Gasteiger partial charge is 0.384 e. The highest BCUT2D eigenvalue weighted by atomic mass is 14.8. The summed E-state index contributed by atoms with van der Waals surface area (Å²) in [5.41, 5.74) is 7.97. The number of hydrogen-bond donors (Lipinski definition) is 1. The van der Waals surface area contributed by atoms with Crippen LogP contribution in [0.1, 0.15) is 18.1 Å². The molecule has 0 saturated heterocycles. The van der Waals surface area contributed by atoms with Crippen LogP contribution in [-0.4, -0.2) is 12.9 Å². The fourth-order valence-corrected chi connectivity index (χ4v) is 1.08. The lowest BCUT2D eigenvalue weighted by atomic mass is 10.1. The summed E-state index contributed by atoms with van der Waals surface area (Å²) < 4.78 is 0. The van der Waals surface area contributed by atoms with E-state index in [4.69, 9.17) is 5.73 Å². The van der Waals surface area contributed by atoms with Crippen LogP contribution in [0.15, 0.2) is 29.3 Å². The molecule has 0 bridgehead atoms. The van der Waals surface area contributed by atoms with E-state index >= 15 is 0 Å². The Morgan fingerprint density at radius 2 is 2.25 bits per heavy atom. The van der Waals surface area contributed by atoms with Crippen LogP contribution < -0.4 is 5.73 Å². The lowest BCUT2D eigenvalue weighted by molar-refractivity contribution is 1.14. The van der Waals surface area contributed by atoms with E-state index < -0.39 is 0 Å². The van der Waals surface area contributed by atoms with Gasteiger partial charge in [-0.1, -0.05) is 25.1 Å². The molecule has 2 N–H and O–H groups in total. The Labute approximate surface area is 73.1 Å². The molecule has 12 heavy (non-hydrogen) atoms. The van der Waals surface area contributed by atoms with Gasteiger partial charge in [0.1, 0.15) is 5.84 Å². The van der Waals surface area contributed by atoms with Crippen molar-refractivity contribution in [1.29, 1.82) is 0 Å². The molecule has 2 nitrogen and oxygen atoms in total. The Kier molecular flexibility index (Phi) is 2.86. The van der Waals surface area contributed by atoms with Gasteiger partial charge in [0.05, 0.1) is 0 Å². The molecule has 0 atom stereocenters. The van der Waals surface area contributed by atoms with Crippen molar-refractivity contribution in [2.75, 3.05) is 7.05 Å². The number of hydrogen-bond acceptors (Lipinski definition) is 1. The minimum Gasteiger partial charge on any atom is -0.384 e. The van der Waals surface area contributed by atoms with Gasteiger partial charge in [-0.05, 0) is 18.1 Å². The van der Waals surface area contributed by atoms with Crippen LogP contribution >= 0.6 is 0 Å². The highest BCUT2D eigenvalue weighted by Crippen LogP contribution is 2.05. The molecule has 2 heteroatoms. The Balaban J connectivity index is 3.02. The second-order valence-corrected chi connectivity index (χ2v) is 2.66. The molecule has 0 aliphatic carbocycles. The van der Waals surface area contributed by atoms with Gasteiger partial charge in [0.2, 0.25) is 0 Å². The Morgan fingerprint density at radius 3 is 2.83 bits per heavy atom. The molecule has 64 valence electrons. The van der Waals surface area contributed by atoms with Crippen molar-refractivity contribution in [3.8, 4) is 0 Å². The maximum Gasteiger partial charge on any atom is 0.125 e. The number of nitrogens with two attached hydrogens (primary N) is 1. The average molecular weight is 162 g/mol. The molecular weight excluding hydrogens is 148 g/mol. The van der Waals surface area contributed by atoms with E-state index in [1.54, 1.807) is 7.05 Å². The standard InChI is InChI=1S/C10H14N2/c1-3-8-5-4-6-9(7-8)10(11)12-2/h4-7H,3H2,1-2H3,(H2,11,12). The van der Waals surface area contributed by atoms with Gasteiger partial charge in [0.15, 0.2) is 0 Å². The third-order valence-corrected chi connectivity index (χ3v) is 1.87. The van der Waals surface area contributed by atoms with Crippen LogP contribution in [-0.2, 0) is 6.42 Å². The van der Waals surface area contributed by atoms with E-state index in [1.165, 1.54) is 5.56 Å². The molecule has 1 aromatic carbocycles. The molecule has 0 radical (unpaired) electrons. The molecule has 0 amide bonds. The van der Waals surface area contributed by atoms with Gasteiger partial charge >= 0.3 is 0 Å². The van der Waals surface area contributed by atoms with E-state index in [-0.39, 0.29) is 0 Å². The maximum atomic E-state index is 5.67. The number of aryl methyl sites for hydroxylation is 1. The zero-order valence-corrected chi connectivity index (χ0v) is 7.54. The molecule has 1 rings (SSSR count). The van der Waals surface area contributed by atoms with Gasteiger partial charge in [-0.3, -0.25) is 4.99 Å². The molecule has 0 heterocycles. The molecule has 0 fully saturated rings. The highest BCUT2D eigenvalue weighted by Gasteiger charge is 1.96. The summed E-state index contributed by atoms with van der Waals surface area (Å²) >= 11 is 0. The predicted octanol–water partition coefficient (Wildman–Crippen LogP) is 1.58. The van der Waals surface area contributed by atoms with Crippen molar-refractivity contribution in [3.05, 3.63) is 35.4 Å². The van der Waals surface area contributed by atoms with Gasteiger partial charge in [-0.15, -0.1) is 0 Å². The van der Waals surface area contributed by atoms with Crippen LogP contribution in [0, 0.1) is 0 Å². The monoisotopic (exact) mass is 162 g/mol. The van der Waals surface area contributed by atoms with E-state index in [2.05, 4.69) is 24.0 Å². The fraction of sp³-hybridized carbons (Fsp3) is 0.300. The summed E-state index contributed by atoms with van der Waals surface area (Å²) in [4.78, 5) is 3.93. The molecule has 0 saturated carbocycles. The number of amidine groups is 1. The second-order valence-electron chi connectivity index (χ2n) is 2.66. The van der Waals surface area contributed by atoms with Gasteiger partial charge in [-0.2, -0.15) is 0 Å². The molecule has 0 aliphatic heterocycles. The lowest BCUT2D eigenvalue weighted by Gasteiger charge is -2.01. The topological polar surface area (TPSA) is 38.4 Å². The first-order chi connectivity index (χ1) is 5.77. The smallest absolute Gasteiger partial charge is 0.125 e. The van der Waals surface area contributed by atoms with Crippen molar-refractivity contribution in [2.45, 2.75) is 13.3 Å². The van der Waals surface area contributed by atoms with E-state index in [9.17, 15) is 0 Å². The Morgan fingerprint density at radius 1 is 1.50 bits per heavy atom. The summed E-state index contributed by atoms with van der Waals surface area (Å²) in [5.74, 6) is 0.602. The number of aliphatic imine (C=N–C) groups is 1. The van der Waals surface area contributed by atoms with Gasteiger partial charge < -0.3 is 5.73 Å². The number of rotatable bonds is 2. The number of nitrogens with zero attached hydrogens (tertiary/aromatic N) is 1. The normalized spacial score (nSPS) is 11.7. The first kappa shape index (κ1) is 8.78. The van der Waals surface area contributed by atoms with Gasteiger partial charge in [0.25, 0.3) is 0 Å². The Bertz CT molecular complexity index is 290. The molecule has 1 aromatic rings. The van der Waals surface area contributed by atoms with E-state index in [0.717, 1.165) is 12.0 Å². The predicted molar refractivity (Wildman–Crippen MR) is 52.5 cm³/mol. The quantitative estimate of drug-likeness (QED) is 0.520. The van der Waals surface area contributed by atoms with Crippen molar-refractivity contribution < 1.29 is 0 Å². The third kappa shape index (κ3) is 1.84. The number of benzene rings is 1. The summed E-state index contributed by atoms with van der Waals surface area (Å²) in [7, 11) is 1.70. The zero-order valence-electron chi connectivity index (χ0n) is 7.54. The van der Waals surface area contributed by atoms with Crippen molar-refractivity contribution >= 4 is 5.84 Å². The van der Waals surface area contributed by atoms with Crippen LogP contribution in [0.5, 0.6) is 0 Å². The maximum absolute atomic E-state index is 5.67. The van der Waals surface area contributed by atoms with Crippen molar-refractivity contribution in [3.63, 3.8) is 0 Å². The fourth-order valence-electron chi connectivity index (χ4n) is 1.08. The van der Waals surface area contributed by atoms with Crippen molar-refractivity contribution in [1.82, 2.24) is 0 Å². The van der Waals surface area contributed by atoms with Gasteiger partial charge in [-0.25, -0.2) is 0 Å². The SMILES string of the molecule is CCc1cccc(C(N)=NC)c1. The van der Waals surface area contributed by atoms with Crippen LogP contribution in [0.4, 0.5) is 0 Å². The summed E-state index contributed by atoms with van der Waals surface area (Å²) in [5, 5.41) is 0. The van der Waals surface area contributed by atoms with Crippen LogP contribution in [0.25, 0.3) is 0 Å². The highest BCUT2D eigenvalue weighted by molar-refractivity contribution is 5.97. The summed E-state index contributed by atoms with van der Waals surface area (Å²) in [6, 6.07) is 8.14. The van der Waals surface area contributed by atoms with E-state index in [1.807, 2.05) is 12.1 Å². The second kappa shape index (κ2) is 3.90. The van der Waals surface area contributed by atoms with E-state index in [0.29, 0.717) is 5.84 Å². The molecule has 0 aromatic heterocycles. The molecule has 0 unspecified atom stereocenters. The molecule has 0 aliphatic rings. The third-order valence-electron chi connectivity index (χ3n) is 1.87. The van der Waals surface area contributed by atoms with Crippen LogP contribution in [0.2, 0.25) is 0 Å². The minimum absolute atomic E-state index is 0.602. The Hall–Kier alpha value is -1.31. The summed E-state index contributed by atoms with van der Waals surface area (Å²) in [6.07, 6.45) is 1.03. The minimum atomic E-state index is 0.602. The first-order valence-corrected chi connectivity index (χ1v) is 4.09. The van der Waals surface area contributed by atoms with Crippen LogP contribution in [0.3, 0.4) is 0 Å². The lowest BCUT2D eigenvalue weighted by Crippen LogP contribution is -2.12. The first-order valence-electron chi connectivity index (χ1n) is 4.09. The zero-order chi connectivity index (χ0) is 8.97. The van der Waals surface area contributed by atoms with Crippen molar-refractivity contribution in [2.24, 2.45) is 10.7 Å². The molecular formula is C10H14N2.